The van der Waals surface area contributed by atoms with Crippen LogP contribution in [0.2, 0.25) is 0 Å². The van der Waals surface area contributed by atoms with Crippen LogP contribution in [-0.2, 0) is 4.79 Å². The second-order valence-electron chi connectivity index (χ2n) is 7.65. The molecule has 1 atom stereocenters. The van der Waals surface area contributed by atoms with Crippen LogP contribution in [0.3, 0.4) is 0 Å². The van der Waals surface area contributed by atoms with E-state index in [2.05, 4.69) is 31.1 Å². The molecule has 0 aromatic rings. The smallest absolute Gasteiger partial charge is 0.323 e. The topological polar surface area (TPSA) is 52.6 Å². The summed E-state index contributed by atoms with van der Waals surface area (Å²) >= 11 is 0. The van der Waals surface area contributed by atoms with Crippen molar-refractivity contribution in [2.24, 2.45) is 5.41 Å². The summed E-state index contributed by atoms with van der Waals surface area (Å²) in [6.07, 6.45) is 6.74. The van der Waals surface area contributed by atoms with E-state index in [1.807, 2.05) is 6.92 Å². The summed E-state index contributed by atoms with van der Waals surface area (Å²) in [4.78, 5) is 13.8. The highest BCUT2D eigenvalue weighted by atomic mass is 16.4. The second-order valence-corrected chi connectivity index (χ2v) is 7.65. The Morgan fingerprint density at radius 1 is 1.38 bits per heavy atom. The van der Waals surface area contributed by atoms with Crippen molar-refractivity contribution in [3.05, 3.63) is 0 Å². The molecular weight excluding hydrogens is 264 g/mol. The van der Waals surface area contributed by atoms with Gasteiger partial charge in [0.1, 0.15) is 5.54 Å². The lowest BCUT2D eigenvalue weighted by atomic mass is 9.75. The summed E-state index contributed by atoms with van der Waals surface area (Å²) in [6, 6.07) is 0.674. The van der Waals surface area contributed by atoms with Crippen molar-refractivity contribution in [3.8, 4) is 0 Å². The number of hydrogen-bond donors (Lipinski definition) is 2. The minimum atomic E-state index is -0.788. The van der Waals surface area contributed by atoms with Crippen molar-refractivity contribution in [3.63, 3.8) is 0 Å². The molecule has 1 unspecified atom stereocenters. The Kier molecular flexibility index (Phi) is 6.67. The fourth-order valence-corrected chi connectivity index (χ4v) is 3.35. The molecule has 124 valence electrons. The number of likely N-dealkylation sites (N-methyl/N-ethyl adjacent to an activating group) is 1. The molecule has 1 aliphatic rings. The van der Waals surface area contributed by atoms with E-state index in [0.29, 0.717) is 24.4 Å². The van der Waals surface area contributed by atoms with Crippen LogP contribution in [0.1, 0.15) is 66.2 Å². The molecule has 4 heteroatoms. The molecule has 0 aromatic carbocycles. The maximum atomic E-state index is 11.4. The van der Waals surface area contributed by atoms with Crippen LogP contribution in [0.15, 0.2) is 0 Å². The van der Waals surface area contributed by atoms with Gasteiger partial charge in [0, 0.05) is 6.04 Å². The van der Waals surface area contributed by atoms with Gasteiger partial charge in [-0.1, -0.05) is 20.8 Å². The Labute approximate surface area is 130 Å². The Balaban J connectivity index is 2.36. The molecule has 0 aromatic heterocycles. The number of aliphatic carboxylic acids is 1. The number of carboxylic acid groups (broad SMARTS) is 1. The van der Waals surface area contributed by atoms with E-state index in [1.165, 1.54) is 25.7 Å². The quantitative estimate of drug-likeness (QED) is 0.723. The maximum absolute atomic E-state index is 11.4. The first-order chi connectivity index (χ1) is 9.70. The van der Waals surface area contributed by atoms with Gasteiger partial charge in [-0.15, -0.1) is 0 Å². The van der Waals surface area contributed by atoms with Crippen LogP contribution in [0, 0.1) is 5.41 Å². The molecule has 21 heavy (non-hydrogen) atoms. The van der Waals surface area contributed by atoms with Gasteiger partial charge in [0.2, 0.25) is 0 Å². The number of nitrogens with one attached hydrogen (secondary N) is 1. The van der Waals surface area contributed by atoms with Crippen LogP contribution in [0.5, 0.6) is 0 Å². The van der Waals surface area contributed by atoms with E-state index in [9.17, 15) is 9.90 Å². The largest absolute Gasteiger partial charge is 0.480 e. The second kappa shape index (κ2) is 7.59. The summed E-state index contributed by atoms with van der Waals surface area (Å²) in [5.41, 5.74) is -0.283. The highest BCUT2D eigenvalue weighted by Gasteiger charge is 2.32. The lowest BCUT2D eigenvalue weighted by molar-refractivity contribution is -0.144. The Hall–Kier alpha value is -0.610. The van der Waals surface area contributed by atoms with Gasteiger partial charge in [0.25, 0.3) is 0 Å². The van der Waals surface area contributed by atoms with Crippen molar-refractivity contribution in [1.29, 1.82) is 0 Å². The van der Waals surface area contributed by atoms with E-state index in [1.54, 1.807) is 6.92 Å². The Bertz CT molecular complexity index is 334. The molecule has 1 rings (SSSR count). The summed E-state index contributed by atoms with van der Waals surface area (Å²) in [6.45, 7) is 10.1. The molecule has 0 heterocycles. The molecule has 0 spiro atoms. The molecular formula is C17H34N2O2. The zero-order valence-corrected chi connectivity index (χ0v) is 14.5. The lowest BCUT2D eigenvalue weighted by Crippen LogP contribution is -2.49. The van der Waals surface area contributed by atoms with E-state index in [-0.39, 0.29) is 0 Å². The zero-order valence-electron chi connectivity index (χ0n) is 14.5. The monoisotopic (exact) mass is 298 g/mol. The van der Waals surface area contributed by atoms with E-state index in [0.717, 1.165) is 13.0 Å². The van der Waals surface area contributed by atoms with Gasteiger partial charge >= 0.3 is 5.97 Å². The van der Waals surface area contributed by atoms with Crippen molar-refractivity contribution in [2.45, 2.75) is 77.8 Å². The van der Waals surface area contributed by atoms with Crippen LogP contribution in [0.4, 0.5) is 0 Å². The predicted molar refractivity (Wildman–Crippen MR) is 87.6 cm³/mol. The molecule has 1 fully saturated rings. The van der Waals surface area contributed by atoms with E-state index < -0.39 is 11.5 Å². The standard InChI is InChI=1S/C17H34N2O2/c1-6-18-17(4,15(20)21)10-7-13-19(5)14-8-11-16(2,3)12-9-14/h14,18H,6-13H2,1-5H3,(H,20,21). The minimum Gasteiger partial charge on any atom is -0.480 e. The number of rotatable bonds is 8. The third kappa shape index (κ3) is 5.59. The van der Waals surface area contributed by atoms with Crippen LogP contribution in [-0.4, -0.2) is 47.7 Å². The molecule has 0 bridgehead atoms. The minimum absolute atomic E-state index is 0.504. The van der Waals surface area contributed by atoms with Gasteiger partial charge in [-0.05, 0) is 71.0 Å². The van der Waals surface area contributed by atoms with Gasteiger partial charge < -0.3 is 15.3 Å². The summed E-state index contributed by atoms with van der Waals surface area (Å²) in [5, 5.41) is 12.5. The number of hydrogen-bond acceptors (Lipinski definition) is 3. The summed E-state index contributed by atoms with van der Waals surface area (Å²) in [5.74, 6) is -0.744. The van der Waals surface area contributed by atoms with Gasteiger partial charge in [-0.2, -0.15) is 0 Å². The fourth-order valence-electron chi connectivity index (χ4n) is 3.35. The molecule has 0 saturated heterocycles. The van der Waals surface area contributed by atoms with Crippen LogP contribution in [0.25, 0.3) is 0 Å². The Morgan fingerprint density at radius 2 is 1.95 bits per heavy atom. The molecule has 0 radical (unpaired) electrons. The maximum Gasteiger partial charge on any atom is 0.323 e. The zero-order chi connectivity index (χ0) is 16.1. The number of nitrogens with zero attached hydrogens (tertiary/aromatic N) is 1. The van der Waals surface area contributed by atoms with E-state index >= 15 is 0 Å². The van der Waals surface area contributed by atoms with Gasteiger partial charge in [-0.3, -0.25) is 4.79 Å². The highest BCUT2D eigenvalue weighted by molar-refractivity contribution is 5.78. The SMILES string of the molecule is CCNC(C)(CCCN(C)C1CCC(C)(C)CC1)C(=O)O. The molecule has 0 amide bonds. The third-order valence-electron chi connectivity index (χ3n) is 5.16. The average molecular weight is 298 g/mol. The van der Waals surface area contributed by atoms with Gasteiger partial charge in [0.05, 0.1) is 0 Å². The molecule has 4 nitrogen and oxygen atoms in total. The molecule has 1 aliphatic carbocycles. The average Bonchev–Trinajstić information content (AvgIpc) is 2.38. The van der Waals surface area contributed by atoms with Crippen molar-refractivity contribution in [2.75, 3.05) is 20.1 Å². The first-order valence-corrected chi connectivity index (χ1v) is 8.39. The Morgan fingerprint density at radius 3 is 2.43 bits per heavy atom. The van der Waals surface area contributed by atoms with Crippen molar-refractivity contribution in [1.82, 2.24) is 10.2 Å². The molecule has 0 aliphatic heterocycles. The molecule has 2 N–H and O–H groups in total. The normalized spacial score (nSPS) is 22.2. The van der Waals surface area contributed by atoms with Crippen molar-refractivity contribution < 1.29 is 9.90 Å². The lowest BCUT2D eigenvalue weighted by Gasteiger charge is -2.39. The number of carbonyl (C=O) groups is 1. The van der Waals surface area contributed by atoms with Crippen molar-refractivity contribution >= 4 is 5.97 Å². The summed E-state index contributed by atoms with van der Waals surface area (Å²) in [7, 11) is 2.19. The van der Waals surface area contributed by atoms with Crippen LogP contribution < -0.4 is 5.32 Å². The van der Waals surface area contributed by atoms with Gasteiger partial charge in [0.15, 0.2) is 0 Å². The third-order valence-corrected chi connectivity index (χ3v) is 5.16. The summed E-state index contributed by atoms with van der Waals surface area (Å²) < 4.78 is 0. The fraction of sp³-hybridized carbons (Fsp3) is 0.941. The predicted octanol–water partition coefficient (Wildman–Crippen LogP) is 3.12. The highest BCUT2D eigenvalue weighted by Crippen LogP contribution is 2.36. The van der Waals surface area contributed by atoms with Gasteiger partial charge in [-0.25, -0.2) is 0 Å². The first-order valence-electron chi connectivity index (χ1n) is 8.39. The molecule has 1 saturated carbocycles. The van der Waals surface area contributed by atoms with E-state index in [4.69, 9.17) is 0 Å². The van der Waals surface area contributed by atoms with Crippen LogP contribution >= 0.6 is 0 Å². The number of carboxylic acids is 1. The first kappa shape index (κ1) is 18.4.